The molecule has 6 nitrogen and oxygen atoms in total. The lowest BCUT2D eigenvalue weighted by Crippen LogP contribution is -2.43. The zero-order chi connectivity index (χ0) is 20.6. The number of ether oxygens (including phenoxy) is 2. The molecule has 0 aromatic carbocycles. The van der Waals surface area contributed by atoms with Crippen LogP contribution >= 0.6 is 0 Å². The van der Waals surface area contributed by atoms with Crippen LogP contribution in [0.2, 0.25) is 0 Å². The first-order valence-corrected chi connectivity index (χ1v) is 9.28. The molecular weight excluding hydrogens is 441 g/mol. The van der Waals surface area contributed by atoms with Crippen LogP contribution in [0.1, 0.15) is 135 Å². The molecule has 0 heterocycles. The first-order valence-electron chi connectivity index (χ1n) is 9.28. The molecule has 0 fully saturated rings. The second kappa shape index (κ2) is 50.3. The normalized spacial score (nSPS) is 11.1. The Labute approximate surface area is 230 Å². The van der Waals surface area contributed by atoms with Gasteiger partial charge in [0.05, 0.1) is 39.5 Å². The second-order valence-electron chi connectivity index (χ2n) is 7.37. The molecular formula is C28H84BNO5. The number of aliphatic hydroxyl groups is 2. The van der Waals surface area contributed by atoms with Crippen LogP contribution in [0.25, 0.3) is 0 Å². The van der Waals surface area contributed by atoms with Crippen molar-refractivity contribution in [1.29, 1.82) is 0 Å². The summed E-state index contributed by atoms with van der Waals surface area (Å²) in [5.41, 5.74) is 0. The molecule has 4 atom stereocenters. The number of carbonyl (C=O) groups is 1. The first-order chi connectivity index (χ1) is 11.3. The summed E-state index contributed by atoms with van der Waals surface area (Å²) in [6.07, 6.45) is 2.15. The lowest BCUT2D eigenvalue weighted by atomic mass is 10.3. The fourth-order valence-electron chi connectivity index (χ4n) is 1.24. The minimum Gasteiger partial charge on any atom is -0.463 e. The molecule has 0 saturated carbocycles. The third kappa shape index (κ3) is 97.3. The highest BCUT2D eigenvalue weighted by Crippen LogP contribution is 2.03. The summed E-state index contributed by atoms with van der Waals surface area (Å²) >= 11 is 0. The first kappa shape index (κ1) is 83.8. The van der Waals surface area contributed by atoms with E-state index in [4.69, 9.17) is 14.6 Å². The maximum Gasteiger partial charge on any atom is 0.302 e. The number of aliphatic hydroxyl groups excluding tert-OH is 2. The SMILES string of the molecule is C.C.C.C.C.C.C.C.C.CCC(C)O.CCC(C)OC(C)=O.CCC(C)OC(O)C[N+](C)(C)C.[BH4-]. The van der Waals surface area contributed by atoms with Crippen molar-refractivity contribution in [3.05, 3.63) is 0 Å². The Bertz CT molecular complexity index is 312. The van der Waals surface area contributed by atoms with E-state index in [1.807, 2.05) is 55.8 Å². The van der Waals surface area contributed by atoms with Crippen LogP contribution in [0.15, 0.2) is 0 Å². The summed E-state index contributed by atoms with van der Waals surface area (Å²) in [4.78, 5) is 10.2. The van der Waals surface area contributed by atoms with Crippen molar-refractivity contribution in [2.45, 2.75) is 159 Å². The van der Waals surface area contributed by atoms with Crippen molar-refractivity contribution < 1.29 is 29.0 Å². The number of hydrogen-bond donors (Lipinski definition) is 2. The Morgan fingerprint density at radius 1 is 0.714 bits per heavy atom. The zero-order valence-electron chi connectivity index (χ0n) is 18.2. The van der Waals surface area contributed by atoms with E-state index in [2.05, 4.69) is 0 Å². The van der Waals surface area contributed by atoms with Crippen molar-refractivity contribution in [3.63, 3.8) is 0 Å². The second-order valence-corrected chi connectivity index (χ2v) is 7.37. The van der Waals surface area contributed by atoms with Crippen LogP contribution in [0.4, 0.5) is 0 Å². The van der Waals surface area contributed by atoms with Crippen molar-refractivity contribution in [3.8, 4) is 0 Å². The zero-order valence-corrected chi connectivity index (χ0v) is 18.2. The summed E-state index contributed by atoms with van der Waals surface area (Å²) in [7, 11) is 6.09. The number of likely N-dealkylation sites (N-methyl/N-ethyl adjacent to an activating group) is 1. The third-order valence-corrected chi connectivity index (χ3v) is 3.20. The Morgan fingerprint density at radius 3 is 1.14 bits per heavy atom. The van der Waals surface area contributed by atoms with E-state index in [0.29, 0.717) is 6.54 Å². The van der Waals surface area contributed by atoms with Gasteiger partial charge in [0.15, 0.2) is 0 Å². The van der Waals surface area contributed by atoms with E-state index in [9.17, 15) is 9.90 Å². The summed E-state index contributed by atoms with van der Waals surface area (Å²) in [6, 6.07) is 0. The Morgan fingerprint density at radius 2 is 1.00 bits per heavy atom. The molecule has 0 amide bonds. The van der Waals surface area contributed by atoms with E-state index >= 15 is 0 Å². The average molecular weight is 526 g/mol. The fraction of sp³-hybridized carbons (Fsp3) is 0.964. The van der Waals surface area contributed by atoms with Crippen molar-refractivity contribution in [2.75, 3.05) is 27.7 Å². The molecule has 0 aliphatic heterocycles. The van der Waals surface area contributed by atoms with Crippen LogP contribution in [0.3, 0.4) is 0 Å². The Kier molecular flexibility index (Phi) is 120. The van der Waals surface area contributed by atoms with Gasteiger partial charge in [-0.15, -0.1) is 0 Å². The molecule has 0 radical (unpaired) electrons. The third-order valence-electron chi connectivity index (χ3n) is 3.20. The number of carbonyl (C=O) groups excluding carboxylic acids is 1. The lowest BCUT2D eigenvalue weighted by molar-refractivity contribution is -0.876. The molecule has 0 aromatic rings. The van der Waals surface area contributed by atoms with Gasteiger partial charge in [-0.2, -0.15) is 0 Å². The van der Waals surface area contributed by atoms with Gasteiger partial charge in [0.2, 0.25) is 6.29 Å². The summed E-state index contributed by atoms with van der Waals surface area (Å²) in [6.45, 7) is 13.7. The highest BCUT2D eigenvalue weighted by molar-refractivity contribution is 5.75. The number of hydrogen-bond acceptors (Lipinski definition) is 5. The molecule has 234 valence electrons. The van der Waals surface area contributed by atoms with Crippen LogP contribution in [0.5, 0.6) is 0 Å². The van der Waals surface area contributed by atoms with Crippen LogP contribution in [-0.2, 0) is 14.3 Å². The molecule has 0 aliphatic rings. The quantitative estimate of drug-likeness (QED) is 0.151. The van der Waals surface area contributed by atoms with E-state index in [0.717, 1.165) is 23.7 Å². The summed E-state index contributed by atoms with van der Waals surface area (Å²) < 4.78 is 10.8. The molecule has 2 N–H and O–H groups in total. The van der Waals surface area contributed by atoms with Gasteiger partial charge >= 0.3 is 5.97 Å². The van der Waals surface area contributed by atoms with E-state index < -0.39 is 6.29 Å². The van der Waals surface area contributed by atoms with Crippen molar-refractivity contribution in [2.24, 2.45) is 0 Å². The van der Waals surface area contributed by atoms with Gasteiger partial charge in [0.25, 0.3) is 0 Å². The lowest BCUT2D eigenvalue weighted by Gasteiger charge is -2.27. The highest BCUT2D eigenvalue weighted by Gasteiger charge is 2.17. The highest BCUT2D eigenvalue weighted by atomic mass is 16.6. The summed E-state index contributed by atoms with van der Waals surface area (Å²) in [5.74, 6) is -0.195. The minimum absolute atomic E-state index is 0. The van der Waals surface area contributed by atoms with Crippen LogP contribution < -0.4 is 0 Å². The number of quaternary nitrogens is 1. The van der Waals surface area contributed by atoms with E-state index in [-0.39, 0.29) is 99.5 Å². The maximum absolute atomic E-state index is 10.2. The van der Waals surface area contributed by atoms with Gasteiger partial charge in [0, 0.05) is 6.92 Å². The van der Waals surface area contributed by atoms with Gasteiger partial charge in [-0.25, -0.2) is 0 Å². The monoisotopic (exact) mass is 526 g/mol. The molecule has 0 aliphatic carbocycles. The van der Waals surface area contributed by atoms with Crippen LogP contribution in [-0.4, -0.2) is 81.4 Å². The van der Waals surface area contributed by atoms with Crippen LogP contribution in [0, 0.1) is 0 Å². The molecule has 0 rings (SSSR count). The largest absolute Gasteiger partial charge is 0.463 e. The van der Waals surface area contributed by atoms with Gasteiger partial charge < -0.3 is 24.2 Å². The molecule has 0 bridgehead atoms. The van der Waals surface area contributed by atoms with Crippen molar-refractivity contribution in [1.82, 2.24) is 0 Å². The Hall–Kier alpha value is -0.625. The van der Waals surface area contributed by atoms with Crippen molar-refractivity contribution >= 4 is 14.4 Å². The molecule has 4 unspecified atom stereocenters. The molecule has 0 spiro atoms. The molecule has 0 aromatic heterocycles. The molecule has 35 heavy (non-hydrogen) atoms. The number of esters is 1. The van der Waals surface area contributed by atoms with Gasteiger partial charge in [-0.3, -0.25) is 4.79 Å². The number of nitrogens with zero attached hydrogens (tertiary/aromatic N) is 1. The topological polar surface area (TPSA) is 76.0 Å². The molecule has 0 saturated heterocycles. The Balaban J connectivity index is -0.0000000174. The number of rotatable bonds is 8. The van der Waals surface area contributed by atoms with E-state index in [1.165, 1.54) is 6.92 Å². The minimum atomic E-state index is -0.639. The maximum atomic E-state index is 10.2. The summed E-state index contributed by atoms with van der Waals surface area (Å²) in [5, 5.41) is 17.8. The standard InChI is InChI=1S/C9H22NO2.C6H12O2.C4H10O.9CH4.BH4/c1-6-8(2)12-9(11)7-10(3,4)5;1-4-5(2)8-6(3)7;1-3-4(2)5;;;;;;;;;;/h8-9,11H,6-7H2,1-5H3;5H,4H2,1-3H3;4-5H,3H2,1-2H3;10*1H4/q+1;;;;;;;;;;;;-1. The van der Waals surface area contributed by atoms with Gasteiger partial charge in [-0.05, 0) is 40.0 Å². The van der Waals surface area contributed by atoms with E-state index in [1.54, 1.807) is 6.92 Å². The average Bonchev–Trinajstić information content (AvgIpc) is 2.45. The predicted molar refractivity (Wildman–Crippen MR) is 175 cm³/mol. The smallest absolute Gasteiger partial charge is 0.302 e. The van der Waals surface area contributed by atoms with Gasteiger partial charge in [0.1, 0.15) is 6.54 Å². The van der Waals surface area contributed by atoms with Gasteiger partial charge in [-0.1, -0.05) is 96.0 Å². The predicted octanol–water partition coefficient (Wildman–Crippen LogP) is 7.22. The fourth-order valence-corrected chi connectivity index (χ4v) is 1.24. The molecule has 7 heteroatoms.